The highest BCUT2D eigenvalue weighted by Gasteiger charge is 2.26. The zero-order valence-corrected chi connectivity index (χ0v) is 16.7. The summed E-state index contributed by atoms with van der Waals surface area (Å²) < 4.78 is 30.3. The van der Waals surface area contributed by atoms with Crippen molar-refractivity contribution in [2.24, 2.45) is 0 Å². The van der Waals surface area contributed by atoms with E-state index in [1.807, 2.05) is 91.0 Å². The van der Waals surface area contributed by atoms with Crippen LogP contribution in [0.25, 0.3) is 0 Å². The Kier molecular flexibility index (Phi) is 7.86. The van der Waals surface area contributed by atoms with Gasteiger partial charge in [-0.15, -0.1) is 0 Å². The standard InChI is InChI=1S/C23H25O4P/c24-28(20-25-23-14-8-3-9-15-23,26-18-16-21-10-4-1-5-11-21)27-19-17-22-12-6-2-7-13-22/h1-15H,16-20H2. The van der Waals surface area contributed by atoms with E-state index >= 15 is 0 Å². The number of hydrogen-bond donors (Lipinski definition) is 0. The zero-order chi connectivity index (χ0) is 19.5. The van der Waals surface area contributed by atoms with Crippen molar-refractivity contribution in [3.05, 3.63) is 102 Å². The molecular formula is C23H25O4P. The van der Waals surface area contributed by atoms with Crippen molar-refractivity contribution in [1.82, 2.24) is 0 Å². The average molecular weight is 396 g/mol. The van der Waals surface area contributed by atoms with Gasteiger partial charge in [0, 0.05) is 0 Å². The average Bonchev–Trinajstić information content (AvgIpc) is 2.75. The van der Waals surface area contributed by atoms with Crippen molar-refractivity contribution >= 4 is 7.60 Å². The Morgan fingerprint density at radius 3 is 1.50 bits per heavy atom. The Bertz CT molecular complexity index is 804. The van der Waals surface area contributed by atoms with Crippen molar-refractivity contribution in [1.29, 1.82) is 0 Å². The summed E-state index contributed by atoms with van der Waals surface area (Å²) in [4.78, 5) is 0. The third-order valence-corrected chi connectivity index (χ3v) is 5.77. The van der Waals surface area contributed by atoms with Gasteiger partial charge in [-0.25, -0.2) is 0 Å². The summed E-state index contributed by atoms with van der Waals surface area (Å²) in [6, 6.07) is 29.2. The molecule has 3 aromatic carbocycles. The highest BCUT2D eigenvalue weighted by atomic mass is 31.2. The first-order valence-electron chi connectivity index (χ1n) is 9.37. The highest BCUT2D eigenvalue weighted by Crippen LogP contribution is 2.48. The third kappa shape index (κ3) is 6.97. The van der Waals surface area contributed by atoms with Crippen molar-refractivity contribution in [3.8, 4) is 5.75 Å². The number of hydrogen-bond acceptors (Lipinski definition) is 4. The molecule has 0 radical (unpaired) electrons. The zero-order valence-electron chi connectivity index (χ0n) is 15.8. The first-order chi connectivity index (χ1) is 13.7. The molecule has 0 atom stereocenters. The normalized spacial score (nSPS) is 11.3. The minimum atomic E-state index is -3.38. The van der Waals surface area contributed by atoms with Crippen molar-refractivity contribution in [2.45, 2.75) is 12.8 Å². The van der Waals surface area contributed by atoms with Crippen LogP contribution in [0.4, 0.5) is 0 Å². The van der Waals surface area contributed by atoms with Crippen LogP contribution in [0.15, 0.2) is 91.0 Å². The van der Waals surface area contributed by atoms with Crippen LogP contribution in [0.2, 0.25) is 0 Å². The van der Waals surface area contributed by atoms with Gasteiger partial charge in [0.25, 0.3) is 0 Å². The molecule has 0 unspecified atom stereocenters. The molecule has 0 aliphatic rings. The van der Waals surface area contributed by atoms with Crippen LogP contribution < -0.4 is 4.74 Å². The van der Waals surface area contributed by atoms with E-state index in [0.29, 0.717) is 31.8 Å². The fraction of sp³-hybridized carbons (Fsp3) is 0.217. The van der Waals surface area contributed by atoms with Crippen LogP contribution in [-0.4, -0.2) is 19.6 Å². The van der Waals surface area contributed by atoms with E-state index in [4.69, 9.17) is 13.8 Å². The Hall–Kier alpha value is -2.39. The SMILES string of the molecule is O=P(COc1ccccc1)(OCCc1ccccc1)OCCc1ccccc1. The molecule has 0 bridgehead atoms. The van der Waals surface area contributed by atoms with Crippen LogP contribution in [0.3, 0.4) is 0 Å². The molecule has 0 heterocycles. The highest BCUT2D eigenvalue weighted by molar-refractivity contribution is 7.53. The van der Waals surface area contributed by atoms with Crippen molar-refractivity contribution in [3.63, 3.8) is 0 Å². The summed E-state index contributed by atoms with van der Waals surface area (Å²) in [5.74, 6) is 0.640. The van der Waals surface area contributed by atoms with Crippen LogP contribution >= 0.6 is 7.60 Å². The molecule has 0 N–H and O–H groups in total. The van der Waals surface area contributed by atoms with Crippen LogP contribution in [0.5, 0.6) is 5.75 Å². The topological polar surface area (TPSA) is 44.8 Å². The Labute approximate surface area is 166 Å². The Morgan fingerprint density at radius 1 is 0.607 bits per heavy atom. The molecule has 0 aromatic heterocycles. The summed E-state index contributed by atoms with van der Waals surface area (Å²) >= 11 is 0. The van der Waals surface area contributed by atoms with Gasteiger partial charge in [0.05, 0.1) is 13.2 Å². The molecule has 0 fully saturated rings. The molecule has 0 saturated heterocycles. The van der Waals surface area contributed by atoms with Crippen LogP contribution in [0, 0.1) is 0 Å². The minimum absolute atomic E-state index is 0.111. The summed E-state index contributed by atoms with van der Waals surface area (Å²) in [5.41, 5.74) is 2.25. The molecule has 0 aliphatic heterocycles. The summed E-state index contributed by atoms with van der Waals surface area (Å²) in [6.45, 7) is 0.621. The van der Waals surface area contributed by atoms with E-state index in [9.17, 15) is 4.57 Å². The fourth-order valence-corrected chi connectivity index (χ4v) is 3.95. The van der Waals surface area contributed by atoms with E-state index in [2.05, 4.69) is 0 Å². The summed E-state index contributed by atoms with van der Waals surface area (Å²) in [6.07, 6.45) is 1.22. The molecule has 28 heavy (non-hydrogen) atoms. The Morgan fingerprint density at radius 2 is 1.04 bits per heavy atom. The molecule has 0 spiro atoms. The first kappa shape index (κ1) is 20.3. The van der Waals surface area contributed by atoms with Gasteiger partial charge in [-0.1, -0.05) is 78.9 Å². The second kappa shape index (κ2) is 10.8. The van der Waals surface area contributed by atoms with Gasteiger partial charge in [0.1, 0.15) is 5.75 Å². The lowest BCUT2D eigenvalue weighted by Crippen LogP contribution is -2.09. The van der Waals surface area contributed by atoms with Gasteiger partial charge < -0.3 is 13.8 Å². The molecule has 0 amide bonds. The van der Waals surface area contributed by atoms with Crippen LogP contribution in [-0.2, 0) is 26.5 Å². The van der Waals surface area contributed by atoms with Crippen molar-refractivity contribution in [2.75, 3.05) is 19.6 Å². The lowest BCUT2D eigenvalue weighted by Gasteiger charge is -2.19. The number of rotatable bonds is 11. The number of para-hydroxylation sites is 1. The molecule has 0 saturated carbocycles. The van der Waals surface area contributed by atoms with E-state index < -0.39 is 7.60 Å². The smallest absolute Gasteiger partial charge is 0.367 e. The van der Waals surface area contributed by atoms with E-state index in [1.54, 1.807) is 0 Å². The number of ether oxygens (including phenoxy) is 1. The second-order valence-corrected chi connectivity index (χ2v) is 8.33. The van der Waals surface area contributed by atoms with E-state index in [1.165, 1.54) is 0 Å². The van der Waals surface area contributed by atoms with Gasteiger partial charge >= 0.3 is 7.60 Å². The fourth-order valence-electron chi connectivity index (χ4n) is 2.68. The molecular weight excluding hydrogens is 371 g/mol. The summed E-state index contributed by atoms with van der Waals surface area (Å²) in [7, 11) is -3.38. The third-order valence-electron chi connectivity index (χ3n) is 4.18. The summed E-state index contributed by atoms with van der Waals surface area (Å²) in [5, 5.41) is 0. The van der Waals surface area contributed by atoms with Crippen LogP contribution in [0.1, 0.15) is 11.1 Å². The maximum atomic E-state index is 13.2. The molecule has 4 nitrogen and oxygen atoms in total. The lowest BCUT2D eigenvalue weighted by molar-refractivity contribution is 0.186. The van der Waals surface area contributed by atoms with Gasteiger partial charge in [0.15, 0.2) is 6.35 Å². The first-order valence-corrected chi connectivity index (χ1v) is 11.1. The number of benzene rings is 3. The predicted molar refractivity (Wildman–Crippen MR) is 112 cm³/mol. The minimum Gasteiger partial charge on any atom is -0.481 e. The molecule has 146 valence electrons. The predicted octanol–water partition coefficient (Wildman–Crippen LogP) is 5.73. The lowest BCUT2D eigenvalue weighted by atomic mass is 10.2. The largest absolute Gasteiger partial charge is 0.481 e. The van der Waals surface area contributed by atoms with E-state index in [-0.39, 0.29) is 6.35 Å². The Balaban J connectivity index is 1.56. The molecule has 3 rings (SSSR count). The molecule has 0 aliphatic carbocycles. The van der Waals surface area contributed by atoms with E-state index in [0.717, 1.165) is 11.1 Å². The van der Waals surface area contributed by atoms with Crippen molar-refractivity contribution < 1.29 is 18.3 Å². The molecule has 3 aromatic rings. The molecule has 5 heteroatoms. The van der Waals surface area contributed by atoms with Gasteiger partial charge in [-0.05, 0) is 36.1 Å². The quantitative estimate of drug-likeness (QED) is 0.388. The monoisotopic (exact) mass is 396 g/mol. The van der Waals surface area contributed by atoms with Gasteiger partial charge in [-0.3, -0.25) is 4.57 Å². The maximum Gasteiger partial charge on any atom is 0.367 e. The second-order valence-electron chi connectivity index (χ2n) is 6.34. The maximum absolute atomic E-state index is 13.2. The van der Waals surface area contributed by atoms with Gasteiger partial charge in [0.2, 0.25) is 0 Å². The van der Waals surface area contributed by atoms with Gasteiger partial charge in [-0.2, -0.15) is 0 Å².